The smallest absolute Gasteiger partial charge is 0.293 e. The van der Waals surface area contributed by atoms with Gasteiger partial charge < -0.3 is 9.64 Å². The number of allylic oxidation sites excluding steroid dienone is 4. The lowest BCUT2D eigenvalue weighted by Gasteiger charge is -2.35. The molecule has 0 fully saturated rings. The van der Waals surface area contributed by atoms with Crippen LogP contribution in [0.15, 0.2) is 36.6 Å². The van der Waals surface area contributed by atoms with Crippen molar-refractivity contribution in [2.45, 2.75) is 33.6 Å². The van der Waals surface area contributed by atoms with Gasteiger partial charge in [-0.15, -0.1) is 0 Å². The van der Waals surface area contributed by atoms with Crippen molar-refractivity contribution in [1.82, 2.24) is 4.90 Å². The highest BCUT2D eigenvalue weighted by molar-refractivity contribution is 5.36. The summed E-state index contributed by atoms with van der Waals surface area (Å²) in [5.41, 5.74) is 0.333. The fourth-order valence-electron chi connectivity index (χ4n) is 2.36. The van der Waals surface area contributed by atoms with Gasteiger partial charge in [0.05, 0.1) is 6.61 Å². The Morgan fingerprint density at radius 1 is 1.45 bits per heavy atom. The van der Waals surface area contributed by atoms with Crippen LogP contribution in [0.25, 0.3) is 0 Å². The Kier molecular flexibility index (Phi) is 7.13. The van der Waals surface area contributed by atoms with Gasteiger partial charge in [0.2, 0.25) is 0 Å². The molecule has 0 saturated carbocycles. The van der Waals surface area contributed by atoms with Gasteiger partial charge in [-0.3, -0.25) is 4.79 Å². The third kappa shape index (κ3) is 6.09. The van der Waals surface area contributed by atoms with Gasteiger partial charge in [-0.2, -0.15) is 0 Å². The first kappa shape index (κ1) is 16.5. The molecule has 0 aromatic heterocycles. The monoisotopic (exact) mass is 277 g/mol. The summed E-state index contributed by atoms with van der Waals surface area (Å²) in [4.78, 5) is 11.6. The lowest BCUT2D eigenvalue weighted by Crippen LogP contribution is -2.34. The second kappa shape index (κ2) is 8.62. The molecule has 2 atom stereocenters. The third-order valence-electron chi connectivity index (χ3n) is 3.63. The molecule has 0 N–H and O–H groups in total. The topological polar surface area (TPSA) is 29.5 Å². The van der Waals surface area contributed by atoms with E-state index in [9.17, 15) is 4.79 Å². The van der Waals surface area contributed by atoms with Crippen molar-refractivity contribution >= 4 is 6.47 Å². The van der Waals surface area contributed by atoms with Crippen LogP contribution < -0.4 is 0 Å². The normalized spacial score (nSPS) is 27.8. The highest BCUT2D eigenvalue weighted by atomic mass is 16.5. The van der Waals surface area contributed by atoms with E-state index in [0.717, 1.165) is 12.5 Å². The minimum atomic E-state index is 0.333. The molecular weight excluding hydrogens is 250 g/mol. The predicted octanol–water partition coefficient (Wildman–Crippen LogP) is 3.54. The molecule has 0 aromatic carbocycles. The molecule has 2 rings (SSSR count). The second-order valence-corrected chi connectivity index (χ2v) is 5.77. The van der Waals surface area contributed by atoms with Gasteiger partial charge in [0.25, 0.3) is 6.47 Å². The number of carbonyl (C=O) groups excluding carboxylic acids is 1. The fraction of sp³-hybridized carbons (Fsp3) is 0.588. The molecule has 0 amide bonds. The Morgan fingerprint density at radius 3 is 2.70 bits per heavy atom. The van der Waals surface area contributed by atoms with E-state index in [1.54, 1.807) is 6.92 Å². The highest BCUT2D eigenvalue weighted by Gasteiger charge is 2.24. The van der Waals surface area contributed by atoms with Crippen molar-refractivity contribution in [3.8, 4) is 0 Å². The summed E-state index contributed by atoms with van der Waals surface area (Å²) in [6, 6.07) is 0. The molecule has 3 heteroatoms. The molecule has 0 radical (unpaired) electrons. The van der Waals surface area contributed by atoms with Gasteiger partial charge in [0.1, 0.15) is 0 Å². The molecule has 3 nitrogen and oxygen atoms in total. The van der Waals surface area contributed by atoms with Gasteiger partial charge in [0.15, 0.2) is 0 Å². The largest absolute Gasteiger partial charge is 0.468 e. The van der Waals surface area contributed by atoms with E-state index in [2.05, 4.69) is 60.1 Å². The molecule has 1 aliphatic heterocycles. The molecule has 0 saturated heterocycles. The molecule has 2 aliphatic rings. The zero-order chi connectivity index (χ0) is 14.8. The number of carbonyl (C=O) groups is 1. The van der Waals surface area contributed by atoms with Crippen LogP contribution >= 0.6 is 0 Å². The third-order valence-corrected chi connectivity index (χ3v) is 3.63. The molecule has 1 heterocycles. The van der Waals surface area contributed by atoms with Gasteiger partial charge in [-0.25, -0.2) is 0 Å². The van der Waals surface area contributed by atoms with Crippen molar-refractivity contribution in [2.24, 2.45) is 11.3 Å². The van der Waals surface area contributed by atoms with Crippen LogP contribution in [0.5, 0.6) is 0 Å². The fourth-order valence-corrected chi connectivity index (χ4v) is 2.36. The zero-order valence-electron chi connectivity index (χ0n) is 12.9. The minimum Gasteiger partial charge on any atom is -0.468 e. The van der Waals surface area contributed by atoms with Crippen LogP contribution in [-0.4, -0.2) is 31.1 Å². The quantitative estimate of drug-likeness (QED) is 0.736. The highest BCUT2D eigenvalue weighted by Crippen LogP contribution is 2.29. The van der Waals surface area contributed by atoms with E-state index < -0.39 is 0 Å². The molecule has 0 bridgehead atoms. The van der Waals surface area contributed by atoms with Crippen LogP contribution in [0, 0.1) is 11.3 Å². The number of nitrogens with zero attached hydrogens (tertiary/aromatic N) is 1. The van der Waals surface area contributed by atoms with Gasteiger partial charge >= 0.3 is 0 Å². The van der Waals surface area contributed by atoms with Crippen molar-refractivity contribution < 1.29 is 9.53 Å². The van der Waals surface area contributed by atoms with Crippen LogP contribution in [0.4, 0.5) is 0 Å². The summed E-state index contributed by atoms with van der Waals surface area (Å²) < 4.78 is 4.15. The van der Waals surface area contributed by atoms with Crippen molar-refractivity contribution in [1.29, 1.82) is 0 Å². The average Bonchev–Trinajstić information content (AvgIpc) is 2.44. The second-order valence-electron chi connectivity index (χ2n) is 5.77. The van der Waals surface area contributed by atoms with Crippen molar-refractivity contribution in [2.75, 3.05) is 19.7 Å². The summed E-state index contributed by atoms with van der Waals surface area (Å²) in [6.07, 6.45) is 16.0. The maximum absolute atomic E-state index is 9.18. The molecule has 112 valence electrons. The summed E-state index contributed by atoms with van der Waals surface area (Å²) >= 11 is 0. The number of hydrogen-bond donors (Lipinski definition) is 0. The molecule has 0 spiro atoms. The van der Waals surface area contributed by atoms with E-state index in [0.29, 0.717) is 18.5 Å². The predicted molar refractivity (Wildman–Crippen MR) is 83.2 cm³/mol. The number of hydrogen-bond acceptors (Lipinski definition) is 3. The molecule has 2 unspecified atom stereocenters. The van der Waals surface area contributed by atoms with Crippen LogP contribution in [0.2, 0.25) is 0 Å². The van der Waals surface area contributed by atoms with E-state index in [1.165, 1.54) is 19.4 Å². The maximum atomic E-state index is 9.18. The Hall–Kier alpha value is -1.51. The summed E-state index contributed by atoms with van der Waals surface area (Å²) in [7, 11) is 0. The van der Waals surface area contributed by atoms with Crippen molar-refractivity contribution in [3.63, 3.8) is 0 Å². The van der Waals surface area contributed by atoms with Gasteiger partial charge in [-0.1, -0.05) is 44.2 Å². The first-order valence-electron chi connectivity index (χ1n) is 7.41. The number of rotatable bonds is 4. The first-order valence-corrected chi connectivity index (χ1v) is 7.41. The van der Waals surface area contributed by atoms with Crippen molar-refractivity contribution in [3.05, 3.63) is 36.6 Å². The molecular formula is C17H27NO2. The Bertz CT molecular complexity index is 373. The Balaban J connectivity index is 0.000000347. The summed E-state index contributed by atoms with van der Waals surface area (Å²) in [5, 5.41) is 0. The van der Waals surface area contributed by atoms with E-state index in [1.807, 2.05) is 0 Å². The van der Waals surface area contributed by atoms with E-state index >= 15 is 0 Å². The Labute approximate surface area is 123 Å². The minimum absolute atomic E-state index is 0.333. The number of ether oxygens (including phenoxy) is 1. The maximum Gasteiger partial charge on any atom is 0.293 e. The van der Waals surface area contributed by atoms with Crippen LogP contribution in [-0.2, 0) is 9.53 Å². The summed E-state index contributed by atoms with van der Waals surface area (Å²) in [5.74, 6) is 0.760. The standard InChI is InChI=1S/C14H21N.C3H6O2/c1-13-6-10-15(11-7-13)12-14(2)8-4-3-5-9-14;1-2-5-3-4/h3-6,8,10,13H,7,9,11-12H2,1-2H3;3H,2H2,1H3. The average molecular weight is 277 g/mol. The van der Waals surface area contributed by atoms with Crippen LogP contribution in [0.3, 0.4) is 0 Å². The van der Waals surface area contributed by atoms with E-state index in [4.69, 9.17) is 0 Å². The lowest BCUT2D eigenvalue weighted by molar-refractivity contribution is -0.128. The molecule has 0 aromatic rings. The van der Waals surface area contributed by atoms with E-state index in [-0.39, 0.29) is 0 Å². The molecule has 1 aliphatic carbocycles. The van der Waals surface area contributed by atoms with Gasteiger partial charge in [-0.05, 0) is 31.9 Å². The zero-order valence-corrected chi connectivity index (χ0v) is 12.9. The SMILES string of the molecule is CC1C=CN(CC2(C)C=CC=CC2)CC1.CCOC=O. The van der Waals surface area contributed by atoms with Gasteiger partial charge in [0, 0.05) is 18.5 Å². The first-order chi connectivity index (χ1) is 9.59. The molecule has 20 heavy (non-hydrogen) atoms. The summed E-state index contributed by atoms with van der Waals surface area (Å²) in [6.45, 7) is 9.66. The lowest BCUT2D eigenvalue weighted by atomic mass is 9.83. The van der Waals surface area contributed by atoms with Crippen LogP contribution in [0.1, 0.15) is 33.6 Å². The Morgan fingerprint density at radius 2 is 2.25 bits per heavy atom.